The Balaban J connectivity index is 2.15. The molecule has 104 valence electrons. The monoisotopic (exact) mass is 299 g/mol. The van der Waals surface area contributed by atoms with Crippen LogP contribution in [0.5, 0.6) is 0 Å². The van der Waals surface area contributed by atoms with Gasteiger partial charge in [0.1, 0.15) is 7.22 Å². The molecule has 0 fully saturated rings. The lowest BCUT2D eigenvalue weighted by molar-refractivity contribution is 1.42. The number of benzene rings is 2. The van der Waals surface area contributed by atoms with Crippen molar-refractivity contribution in [1.82, 2.24) is 0 Å². The van der Waals surface area contributed by atoms with Gasteiger partial charge in [0.15, 0.2) is 0 Å². The summed E-state index contributed by atoms with van der Waals surface area (Å²) in [6.07, 6.45) is 1.95. The van der Waals surface area contributed by atoms with Gasteiger partial charge in [-0.25, -0.2) is 0 Å². The first-order chi connectivity index (χ1) is 9.42. The lowest BCUT2D eigenvalue weighted by Gasteiger charge is -2.15. The van der Waals surface area contributed by atoms with E-state index < -0.39 is 7.22 Å². The van der Waals surface area contributed by atoms with Crippen LogP contribution in [0.2, 0.25) is 19.6 Å². The summed E-state index contributed by atoms with van der Waals surface area (Å²) < 4.78 is 0. The zero-order valence-corrected chi connectivity index (χ0v) is 14.4. The summed E-state index contributed by atoms with van der Waals surface area (Å²) >= 11 is 2.02. The molecule has 0 amide bonds. The number of hydrogen-bond acceptors (Lipinski definition) is 2. The van der Waals surface area contributed by atoms with Crippen LogP contribution in [0, 0.1) is 6.92 Å². The first-order valence-corrected chi connectivity index (χ1v) is 11.9. The highest BCUT2D eigenvalue weighted by Gasteiger charge is 2.14. The molecule has 0 saturated heterocycles. The zero-order valence-electron chi connectivity index (χ0n) is 12.6. The van der Waals surface area contributed by atoms with Crippen molar-refractivity contribution in [2.45, 2.75) is 31.5 Å². The minimum absolute atomic E-state index is 1.01. The molecule has 0 atom stereocenters. The van der Waals surface area contributed by atoms with Crippen molar-refractivity contribution in [3.8, 4) is 0 Å². The molecule has 0 spiro atoms. The average molecular weight is 300 g/mol. The van der Waals surface area contributed by atoms with Crippen molar-refractivity contribution in [1.29, 1.82) is 0 Å². The summed E-state index contributed by atoms with van der Waals surface area (Å²) in [6, 6.07) is 16.9. The Morgan fingerprint density at radius 3 is 2.45 bits per heavy atom. The van der Waals surface area contributed by atoms with Gasteiger partial charge in [0.05, 0.1) is 5.69 Å². The van der Waals surface area contributed by atoms with Gasteiger partial charge >= 0.3 is 0 Å². The third-order valence-corrected chi connectivity index (χ3v) is 6.29. The first-order valence-electron chi connectivity index (χ1n) is 6.82. The molecular formula is C17H21NSSi. The molecule has 0 aliphatic rings. The summed E-state index contributed by atoms with van der Waals surface area (Å²) in [5.74, 6) is 0. The average Bonchev–Trinajstić information content (AvgIpc) is 2.35. The van der Waals surface area contributed by atoms with Gasteiger partial charge in [0, 0.05) is 11.1 Å². The third kappa shape index (κ3) is 4.98. The van der Waals surface area contributed by atoms with Crippen molar-refractivity contribution in [2.75, 3.05) is 0 Å². The van der Waals surface area contributed by atoms with Crippen LogP contribution in [-0.4, -0.2) is 13.4 Å². The largest absolute Gasteiger partial charge is 0.256 e. The number of rotatable bonds is 4. The van der Waals surface area contributed by atoms with Gasteiger partial charge in [0.25, 0.3) is 0 Å². The molecular weight excluding hydrogens is 278 g/mol. The maximum atomic E-state index is 4.55. The minimum atomic E-state index is -1.14. The van der Waals surface area contributed by atoms with Gasteiger partial charge in [-0.3, -0.25) is 4.99 Å². The highest BCUT2D eigenvalue weighted by atomic mass is 32.4. The van der Waals surface area contributed by atoms with E-state index >= 15 is 0 Å². The molecule has 0 aliphatic heterocycles. The van der Waals surface area contributed by atoms with Crippen LogP contribution in [0.4, 0.5) is 5.69 Å². The van der Waals surface area contributed by atoms with Crippen LogP contribution in [0.3, 0.4) is 0 Å². The minimum Gasteiger partial charge on any atom is -0.256 e. The molecule has 2 aromatic carbocycles. The maximum Gasteiger partial charge on any atom is 0.114 e. The van der Waals surface area contributed by atoms with E-state index in [1.807, 2.05) is 29.6 Å². The van der Waals surface area contributed by atoms with Crippen molar-refractivity contribution in [3.05, 3.63) is 59.7 Å². The molecule has 0 unspecified atom stereocenters. The Morgan fingerprint density at radius 1 is 1.00 bits per heavy atom. The second-order valence-electron chi connectivity index (χ2n) is 5.88. The Labute approximate surface area is 126 Å². The zero-order chi connectivity index (χ0) is 14.6. The first kappa shape index (κ1) is 15.1. The molecule has 0 radical (unpaired) electrons. The Kier molecular flexibility index (Phi) is 4.84. The molecule has 0 bridgehead atoms. The van der Waals surface area contributed by atoms with E-state index in [0.29, 0.717) is 0 Å². The van der Waals surface area contributed by atoms with Crippen LogP contribution in [0.1, 0.15) is 11.1 Å². The Morgan fingerprint density at radius 2 is 1.75 bits per heavy atom. The molecule has 0 aliphatic carbocycles. The van der Waals surface area contributed by atoms with E-state index in [4.69, 9.17) is 0 Å². The van der Waals surface area contributed by atoms with Gasteiger partial charge in [-0.05, 0) is 42.3 Å². The van der Waals surface area contributed by atoms with E-state index in [1.165, 1.54) is 10.5 Å². The van der Waals surface area contributed by atoms with Crippen LogP contribution >= 0.6 is 11.2 Å². The summed E-state index contributed by atoms with van der Waals surface area (Å²) in [5, 5.41) is 0. The smallest absolute Gasteiger partial charge is 0.114 e. The van der Waals surface area contributed by atoms with E-state index in [-0.39, 0.29) is 0 Å². The fourth-order valence-corrected chi connectivity index (χ4v) is 5.42. The highest BCUT2D eigenvalue weighted by molar-refractivity contribution is 8.28. The topological polar surface area (TPSA) is 12.4 Å². The summed E-state index contributed by atoms with van der Waals surface area (Å²) in [5.41, 5.74) is 3.41. The predicted octanol–water partition coefficient (Wildman–Crippen LogP) is 5.67. The summed E-state index contributed by atoms with van der Waals surface area (Å²) in [4.78, 5) is 5.90. The fourth-order valence-electron chi connectivity index (χ4n) is 1.87. The molecule has 1 nitrogen and oxygen atoms in total. The van der Waals surface area contributed by atoms with Crippen LogP contribution in [0.15, 0.2) is 58.4 Å². The quantitative estimate of drug-likeness (QED) is 0.523. The van der Waals surface area contributed by atoms with Gasteiger partial charge in [0.2, 0.25) is 0 Å². The molecule has 0 aromatic heterocycles. The molecule has 2 aromatic rings. The van der Waals surface area contributed by atoms with Crippen molar-refractivity contribution in [2.24, 2.45) is 4.99 Å². The predicted molar refractivity (Wildman–Crippen MR) is 94.1 cm³/mol. The fraction of sp³-hybridized carbons (Fsp3) is 0.235. The van der Waals surface area contributed by atoms with Crippen molar-refractivity contribution in [3.63, 3.8) is 0 Å². The molecule has 2 rings (SSSR count). The van der Waals surface area contributed by atoms with E-state index in [9.17, 15) is 0 Å². The Hall–Kier alpha value is -1.32. The van der Waals surface area contributed by atoms with Gasteiger partial charge in [-0.1, -0.05) is 43.9 Å². The standard InChI is InChI=1S/C17H21NSSi/c1-14-7-5-9-16(11-14)18-13-15-8-6-10-17(12-15)19-20(2,3)4/h5-13H,1-4H3. The van der Waals surface area contributed by atoms with Crippen molar-refractivity contribution < 1.29 is 0 Å². The van der Waals surface area contributed by atoms with E-state index in [2.05, 4.69) is 68.0 Å². The molecule has 3 heteroatoms. The second-order valence-corrected chi connectivity index (χ2v) is 15.1. The number of hydrogen-bond donors (Lipinski definition) is 0. The molecule has 20 heavy (non-hydrogen) atoms. The number of nitrogens with zero attached hydrogens (tertiary/aromatic N) is 1. The third-order valence-electron chi connectivity index (χ3n) is 2.65. The highest BCUT2D eigenvalue weighted by Crippen LogP contribution is 2.29. The summed E-state index contributed by atoms with van der Waals surface area (Å²) in [7, 11) is -1.14. The van der Waals surface area contributed by atoms with Gasteiger partial charge in [-0.2, -0.15) is 11.2 Å². The second kappa shape index (κ2) is 6.42. The SMILES string of the molecule is Cc1cccc(N=Cc2cccc(S[Si](C)(C)C)c2)c1. The molecule has 0 saturated carbocycles. The van der Waals surface area contributed by atoms with E-state index in [0.717, 1.165) is 11.3 Å². The number of aryl methyl sites for hydroxylation is 1. The van der Waals surface area contributed by atoms with Crippen LogP contribution in [-0.2, 0) is 0 Å². The normalized spacial score (nSPS) is 12.0. The summed E-state index contributed by atoms with van der Waals surface area (Å²) in [6.45, 7) is 9.19. The lowest BCUT2D eigenvalue weighted by Crippen LogP contribution is -2.13. The molecule has 0 N–H and O–H groups in total. The van der Waals surface area contributed by atoms with Gasteiger partial charge in [-0.15, -0.1) is 0 Å². The van der Waals surface area contributed by atoms with Crippen LogP contribution < -0.4 is 0 Å². The maximum absolute atomic E-state index is 4.55. The van der Waals surface area contributed by atoms with Crippen molar-refractivity contribution >= 4 is 30.3 Å². The Bertz CT molecular complexity index is 614. The number of aliphatic imine (C=N–C) groups is 1. The van der Waals surface area contributed by atoms with Gasteiger partial charge < -0.3 is 0 Å². The van der Waals surface area contributed by atoms with Crippen LogP contribution in [0.25, 0.3) is 0 Å². The lowest BCUT2D eigenvalue weighted by atomic mass is 10.2. The molecule has 0 heterocycles. The van der Waals surface area contributed by atoms with E-state index in [1.54, 1.807) is 0 Å².